The number of rotatable bonds is 7. The summed E-state index contributed by atoms with van der Waals surface area (Å²) in [6.07, 6.45) is -0.520. The van der Waals surface area contributed by atoms with E-state index in [9.17, 15) is 5.11 Å². The van der Waals surface area contributed by atoms with E-state index < -0.39 is 6.10 Å². The zero-order valence-electron chi connectivity index (χ0n) is 12.7. The molecule has 1 unspecified atom stereocenters. The third-order valence-corrected chi connectivity index (χ3v) is 3.48. The van der Waals surface area contributed by atoms with Crippen molar-refractivity contribution in [3.63, 3.8) is 0 Å². The SMILES string of the molecule is Cc1ccccc1CNCC(O)COc1ccccc1C. The first-order chi connectivity index (χ1) is 10.2. The van der Waals surface area contributed by atoms with E-state index >= 15 is 0 Å². The van der Waals surface area contributed by atoms with Crippen LogP contribution in [0, 0.1) is 13.8 Å². The van der Waals surface area contributed by atoms with Crippen LogP contribution in [0.3, 0.4) is 0 Å². The van der Waals surface area contributed by atoms with Crippen LogP contribution in [-0.4, -0.2) is 24.4 Å². The van der Waals surface area contributed by atoms with Crippen molar-refractivity contribution in [2.45, 2.75) is 26.5 Å². The molecule has 0 spiro atoms. The van der Waals surface area contributed by atoms with E-state index in [1.54, 1.807) is 0 Å². The van der Waals surface area contributed by atoms with Crippen molar-refractivity contribution < 1.29 is 9.84 Å². The van der Waals surface area contributed by atoms with Crippen molar-refractivity contribution in [1.82, 2.24) is 5.32 Å². The number of aliphatic hydroxyl groups excluding tert-OH is 1. The number of hydrogen-bond acceptors (Lipinski definition) is 3. The normalized spacial score (nSPS) is 12.1. The fourth-order valence-electron chi connectivity index (χ4n) is 2.15. The summed E-state index contributed by atoms with van der Waals surface area (Å²) in [6.45, 7) is 5.66. The average Bonchev–Trinajstić information content (AvgIpc) is 2.48. The van der Waals surface area contributed by atoms with Crippen LogP contribution in [-0.2, 0) is 6.54 Å². The summed E-state index contributed by atoms with van der Waals surface area (Å²) in [5.74, 6) is 0.829. The largest absolute Gasteiger partial charge is 0.491 e. The summed E-state index contributed by atoms with van der Waals surface area (Å²) in [7, 11) is 0. The number of hydrogen-bond donors (Lipinski definition) is 2. The van der Waals surface area contributed by atoms with Gasteiger partial charge < -0.3 is 15.2 Å². The Morgan fingerprint density at radius 1 is 1.00 bits per heavy atom. The van der Waals surface area contributed by atoms with Gasteiger partial charge in [-0.3, -0.25) is 0 Å². The molecule has 2 N–H and O–H groups in total. The van der Waals surface area contributed by atoms with Crippen molar-refractivity contribution >= 4 is 0 Å². The molecule has 1 atom stereocenters. The third-order valence-electron chi connectivity index (χ3n) is 3.48. The van der Waals surface area contributed by atoms with Crippen molar-refractivity contribution in [2.75, 3.05) is 13.2 Å². The number of benzene rings is 2. The number of para-hydroxylation sites is 1. The van der Waals surface area contributed by atoms with Crippen molar-refractivity contribution in [3.8, 4) is 5.75 Å². The Hall–Kier alpha value is -1.84. The fraction of sp³-hybridized carbons (Fsp3) is 0.333. The van der Waals surface area contributed by atoms with Gasteiger partial charge in [-0.1, -0.05) is 42.5 Å². The molecule has 2 aromatic carbocycles. The lowest BCUT2D eigenvalue weighted by molar-refractivity contribution is 0.106. The highest BCUT2D eigenvalue weighted by molar-refractivity contribution is 5.31. The highest BCUT2D eigenvalue weighted by Crippen LogP contribution is 2.16. The molecule has 0 aromatic heterocycles. The Morgan fingerprint density at radius 3 is 2.38 bits per heavy atom. The van der Waals surface area contributed by atoms with Gasteiger partial charge in [-0.05, 0) is 36.6 Å². The van der Waals surface area contributed by atoms with Gasteiger partial charge in [0.2, 0.25) is 0 Å². The molecule has 0 radical (unpaired) electrons. The van der Waals surface area contributed by atoms with E-state index in [0.717, 1.165) is 17.9 Å². The molecule has 2 rings (SSSR count). The van der Waals surface area contributed by atoms with Gasteiger partial charge in [0.25, 0.3) is 0 Å². The first kappa shape index (κ1) is 15.5. The van der Waals surface area contributed by atoms with Crippen LogP contribution in [0.5, 0.6) is 5.75 Å². The lowest BCUT2D eigenvalue weighted by atomic mass is 10.1. The Morgan fingerprint density at radius 2 is 1.67 bits per heavy atom. The van der Waals surface area contributed by atoms with E-state index in [1.165, 1.54) is 11.1 Å². The quantitative estimate of drug-likeness (QED) is 0.822. The van der Waals surface area contributed by atoms with E-state index in [2.05, 4.69) is 24.4 Å². The van der Waals surface area contributed by atoms with Gasteiger partial charge in [-0.25, -0.2) is 0 Å². The second-order valence-corrected chi connectivity index (χ2v) is 5.29. The van der Waals surface area contributed by atoms with Gasteiger partial charge in [0.05, 0.1) is 0 Å². The first-order valence-corrected chi connectivity index (χ1v) is 7.28. The Labute approximate surface area is 126 Å². The Bertz CT molecular complexity index is 569. The highest BCUT2D eigenvalue weighted by atomic mass is 16.5. The van der Waals surface area contributed by atoms with Crippen LogP contribution in [0.15, 0.2) is 48.5 Å². The zero-order chi connectivity index (χ0) is 15.1. The maximum atomic E-state index is 9.96. The van der Waals surface area contributed by atoms with Crippen molar-refractivity contribution in [3.05, 3.63) is 65.2 Å². The smallest absolute Gasteiger partial charge is 0.122 e. The van der Waals surface area contributed by atoms with Crippen molar-refractivity contribution in [1.29, 1.82) is 0 Å². The maximum Gasteiger partial charge on any atom is 0.122 e. The minimum atomic E-state index is -0.520. The molecule has 0 bridgehead atoms. The van der Waals surface area contributed by atoms with Gasteiger partial charge in [0, 0.05) is 13.1 Å². The summed E-state index contributed by atoms with van der Waals surface area (Å²) >= 11 is 0. The molecule has 2 aromatic rings. The van der Waals surface area contributed by atoms with Gasteiger partial charge in [0.1, 0.15) is 18.5 Å². The molecular weight excluding hydrogens is 262 g/mol. The monoisotopic (exact) mass is 285 g/mol. The summed E-state index contributed by atoms with van der Waals surface area (Å²) < 4.78 is 5.64. The van der Waals surface area contributed by atoms with E-state index in [4.69, 9.17) is 4.74 Å². The van der Waals surface area contributed by atoms with E-state index in [-0.39, 0.29) is 0 Å². The molecule has 0 saturated carbocycles. The highest BCUT2D eigenvalue weighted by Gasteiger charge is 2.06. The second kappa shape index (κ2) is 7.81. The minimum Gasteiger partial charge on any atom is -0.491 e. The van der Waals surface area contributed by atoms with Crippen LogP contribution >= 0.6 is 0 Å². The van der Waals surface area contributed by atoms with E-state index in [0.29, 0.717) is 13.2 Å². The lowest BCUT2D eigenvalue weighted by Gasteiger charge is -2.15. The Balaban J connectivity index is 1.72. The summed E-state index contributed by atoms with van der Waals surface area (Å²) in [5.41, 5.74) is 3.60. The van der Waals surface area contributed by atoms with Crippen LogP contribution in [0.25, 0.3) is 0 Å². The predicted octanol–water partition coefficient (Wildman–Crippen LogP) is 2.83. The number of nitrogens with one attached hydrogen (secondary N) is 1. The molecule has 0 amide bonds. The van der Waals surface area contributed by atoms with Crippen LogP contribution < -0.4 is 10.1 Å². The molecule has 0 heterocycles. The number of aliphatic hydroxyl groups is 1. The first-order valence-electron chi connectivity index (χ1n) is 7.28. The summed E-state index contributed by atoms with van der Waals surface area (Å²) in [4.78, 5) is 0. The molecule has 21 heavy (non-hydrogen) atoms. The maximum absolute atomic E-state index is 9.96. The molecule has 0 aliphatic carbocycles. The third kappa shape index (κ3) is 4.88. The predicted molar refractivity (Wildman–Crippen MR) is 85.6 cm³/mol. The second-order valence-electron chi connectivity index (χ2n) is 5.29. The standard InChI is InChI=1S/C18H23NO2/c1-14-7-3-5-9-16(14)11-19-12-17(20)13-21-18-10-6-4-8-15(18)2/h3-10,17,19-20H,11-13H2,1-2H3. The Kier molecular flexibility index (Phi) is 5.78. The molecule has 112 valence electrons. The van der Waals surface area contributed by atoms with Gasteiger partial charge >= 0.3 is 0 Å². The van der Waals surface area contributed by atoms with E-state index in [1.807, 2.05) is 43.3 Å². The van der Waals surface area contributed by atoms with Gasteiger partial charge in [-0.15, -0.1) is 0 Å². The van der Waals surface area contributed by atoms with Crippen molar-refractivity contribution in [2.24, 2.45) is 0 Å². The average molecular weight is 285 g/mol. The van der Waals surface area contributed by atoms with Crippen LogP contribution in [0.2, 0.25) is 0 Å². The lowest BCUT2D eigenvalue weighted by Crippen LogP contribution is -2.31. The van der Waals surface area contributed by atoms with Crippen LogP contribution in [0.1, 0.15) is 16.7 Å². The van der Waals surface area contributed by atoms with Gasteiger partial charge in [-0.2, -0.15) is 0 Å². The molecule has 0 aliphatic rings. The zero-order valence-corrected chi connectivity index (χ0v) is 12.7. The minimum absolute atomic E-state index is 0.297. The molecule has 3 nitrogen and oxygen atoms in total. The molecule has 0 fully saturated rings. The molecule has 0 saturated heterocycles. The topological polar surface area (TPSA) is 41.5 Å². The molecule has 0 aliphatic heterocycles. The van der Waals surface area contributed by atoms with Gasteiger partial charge in [0.15, 0.2) is 0 Å². The summed E-state index contributed by atoms with van der Waals surface area (Å²) in [5, 5.41) is 13.2. The molecule has 3 heteroatoms. The number of aryl methyl sites for hydroxylation is 2. The molecular formula is C18H23NO2. The summed E-state index contributed by atoms with van der Waals surface area (Å²) in [6, 6.07) is 16.1. The fourth-order valence-corrected chi connectivity index (χ4v) is 2.15. The number of ether oxygens (including phenoxy) is 1. The van der Waals surface area contributed by atoms with Crippen LogP contribution in [0.4, 0.5) is 0 Å².